The molecule has 0 aromatic heterocycles. The molecule has 3 aromatic carbocycles. The smallest absolute Gasteiger partial charge is 0.145 e. The molecular weight excluding hydrogens is 350 g/mol. The summed E-state index contributed by atoms with van der Waals surface area (Å²) in [5.74, 6) is -1.47. The van der Waals surface area contributed by atoms with Gasteiger partial charge in [0.05, 0.1) is 0 Å². The maximum absolute atomic E-state index is 13.7. The van der Waals surface area contributed by atoms with Gasteiger partial charge in [0.25, 0.3) is 0 Å². The molecule has 136 valence electrons. The van der Waals surface area contributed by atoms with Gasteiger partial charge in [-0.1, -0.05) is 74.5 Å². The summed E-state index contributed by atoms with van der Waals surface area (Å²) < 4.78 is 27.4. The van der Waals surface area contributed by atoms with E-state index >= 15 is 0 Å². The fourth-order valence-electron chi connectivity index (χ4n) is 3.29. The van der Waals surface area contributed by atoms with Crippen LogP contribution in [-0.2, 0) is 6.42 Å². The summed E-state index contributed by atoms with van der Waals surface area (Å²) in [5, 5.41) is 1.75. The number of hydrogen-bond donors (Lipinski definition) is 0. The number of unbranched alkanes of at least 4 members (excludes halogenated alkanes) is 4. The Hall–Kier alpha value is -1.93. The highest BCUT2D eigenvalue weighted by Crippen LogP contribution is 2.29. The van der Waals surface area contributed by atoms with Crippen molar-refractivity contribution in [2.45, 2.75) is 45.4 Å². The third-order valence-electron chi connectivity index (χ3n) is 4.79. The molecule has 0 nitrogen and oxygen atoms in total. The van der Waals surface area contributed by atoms with Crippen molar-refractivity contribution in [3.8, 4) is 11.1 Å². The minimum absolute atomic E-state index is 0.460. The number of hydrogen-bond acceptors (Lipinski definition) is 0. The highest BCUT2D eigenvalue weighted by atomic mass is 35.5. The van der Waals surface area contributed by atoms with Crippen LogP contribution in [0.15, 0.2) is 48.5 Å². The maximum atomic E-state index is 13.7. The summed E-state index contributed by atoms with van der Waals surface area (Å²) in [6.45, 7) is 2.23. The monoisotopic (exact) mass is 372 g/mol. The minimum Gasteiger partial charge on any atom is -0.205 e. The molecule has 3 heteroatoms. The van der Waals surface area contributed by atoms with Crippen LogP contribution >= 0.6 is 11.6 Å². The standard InChI is InChI=1S/C23H23ClF2/c1-2-3-4-5-6-7-16-8-9-18-13-19(11-10-17(18)12-16)20-14-21(25)23(24)22(26)15-20/h8-15H,2-7H2,1H3. The maximum Gasteiger partial charge on any atom is 0.145 e. The number of benzene rings is 3. The molecule has 0 N–H and O–H groups in total. The molecule has 0 spiro atoms. The van der Waals surface area contributed by atoms with Gasteiger partial charge in [0.1, 0.15) is 16.7 Å². The Balaban J connectivity index is 1.78. The van der Waals surface area contributed by atoms with E-state index in [-0.39, 0.29) is 0 Å². The van der Waals surface area contributed by atoms with E-state index < -0.39 is 16.7 Å². The summed E-state index contributed by atoms with van der Waals surface area (Å²) in [6, 6.07) is 14.9. The Bertz CT molecular complexity index is 879. The number of rotatable bonds is 7. The largest absolute Gasteiger partial charge is 0.205 e. The molecule has 0 atom stereocenters. The van der Waals surface area contributed by atoms with Crippen molar-refractivity contribution in [2.75, 3.05) is 0 Å². The lowest BCUT2D eigenvalue weighted by molar-refractivity contribution is 0.585. The highest BCUT2D eigenvalue weighted by molar-refractivity contribution is 6.31. The van der Waals surface area contributed by atoms with Crippen LogP contribution in [-0.4, -0.2) is 0 Å². The number of fused-ring (bicyclic) bond motifs is 1. The molecule has 0 fully saturated rings. The second-order valence-electron chi connectivity index (χ2n) is 6.81. The van der Waals surface area contributed by atoms with Crippen LogP contribution in [0.3, 0.4) is 0 Å². The third kappa shape index (κ3) is 4.42. The predicted molar refractivity (Wildman–Crippen MR) is 107 cm³/mol. The van der Waals surface area contributed by atoms with Gasteiger partial charge in [-0.15, -0.1) is 0 Å². The Morgan fingerprint density at radius 2 is 1.38 bits per heavy atom. The molecule has 0 saturated heterocycles. The van der Waals surface area contributed by atoms with Gasteiger partial charge in [-0.05, 0) is 58.5 Å². The summed E-state index contributed by atoms with van der Waals surface area (Å²) in [7, 11) is 0. The molecule has 0 radical (unpaired) electrons. The van der Waals surface area contributed by atoms with Crippen molar-refractivity contribution in [3.63, 3.8) is 0 Å². The molecule has 3 rings (SSSR count). The molecule has 0 amide bonds. The van der Waals surface area contributed by atoms with E-state index in [0.29, 0.717) is 5.56 Å². The first-order valence-electron chi connectivity index (χ1n) is 9.26. The molecule has 0 aliphatic rings. The number of aryl methyl sites for hydroxylation is 1. The first-order chi connectivity index (χ1) is 12.6. The van der Waals surface area contributed by atoms with Gasteiger partial charge in [0.2, 0.25) is 0 Å². The van der Waals surface area contributed by atoms with Crippen molar-refractivity contribution >= 4 is 22.4 Å². The van der Waals surface area contributed by atoms with Crippen LogP contribution in [0.4, 0.5) is 8.78 Å². The second kappa shape index (κ2) is 8.64. The molecule has 26 heavy (non-hydrogen) atoms. The molecule has 0 saturated carbocycles. The van der Waals surface area contributed by atoms with Crippen molar-refractivity contribution in [2.24, 2.45) is 0 Å². The summed E-state index contributed by atoms with van der Waals surface area (Å²) in [4.78, 5) is 0. The van der Waals surface area contributed by atoms with Gasteiger partial charge < -0.3 is 0 Å². The lowest BCUT2D eigenvalue weighted by atomic mass is 9.98. The Kier molecular flexibility index (Phi) is 6.26. The predicted octanol–water partition coefficient (Wildman–Crippen LogP) is 7.95. The Morgan fingerprint density at radius 3 is 2.12 bits per heavy atom. The summed E-state index contributed by atoms with van der Waals surface area (Å²) in [5.41, 5.74) is 2.61. The van der Waals surface area contributed by atoms with E-state index in [1.807, 2.05) is 18.2 Å². The summed E-state index contributed by atoms with van der Waals surface area (Å²) in [6.07, 6.45) is 7.47. The third-order valence-corrected chi connectivity index (χ3v) is 5.15. The van der Waals surface area contributed by atoms with E-state index in [4.69, 9.17) is 11.6 Å². The van der Waals surface area contributed by atoms with Gasteiger partial charge in [-0.2, -0.15) is 0 Å². The number of halogens is 3. The lowest BCUT2D eigenvalue weighted by Crippen LogP contribution is -1.89. The Morgan fingerprint density at radius 1 is 0.731 bits per heavy atom. The zero-order valence-electron chi connectivity index (χ0n) is 15.0. The fraction of sp³-hybridized carbons (Fsp3) is 0.304. The van der Waals surface area contributed by atoms with E-state index in [9.17, 15) is 8.78 Å². The van der Waals surface area contributed by atoms with E-state index in [2.05, 4.69) is 25.1 Å². The van der Waals surface area contributed by atoms with Gasteiger partial charge in [0, 0.05) is 0 Å². The minimum atomic E-state index is -0.736. The SMILES string of the molecule is CCCCCCCc1ccc2cc(-c3cc(F)c(Cl)c(F)c3)ccc2c1. The molecule has 0 aliphatic carbocycles. The van der Waals surface area contributed by atoms with Gasteiger partial charge in [-0.25, -0.2) is 8.78 Å². The van der Waals surface area contributed by atoms with E-state index in [1.54, 1.807) is 0 Å². The Labute approximate surface area is 158 Å². The van der Waals surface area contributed by atoms with E-state index in [1.165, 1.54) is 49.8 Å². The molecule has 3 aromatic rings. The molecule has 0 aliphatic heterocycles. The van der Waals surface area contributed by atoms with Crippen LogP contribution in [0.5, 0.6) is 0 Å². The van der Waals surface area contributed by atoms with Crippen molar-refractivity contribution in [1.29, 1.82) is 0 Å². The van der Waals surface area contributed by atoms with E-state index in [0.717, 1.165) is 22.8 Å². The zero-order valence-corrected chi connectivity index (χ0v) is 15.8. The average molecular weight is 373 g/mol. The second-order valence-corrected chi connectivity index (χ2v) is 7.19. The lowest BCUT2D eigenvalue weighted by Gasteiger charge is -2.08. The van der Waals surface area contributed by atoms with Crippen molar-refractivity contribution < 1.29 is 8.78 Å². The van der Waals surface area contributed by atoms with Gasteiger partial charge >= 0.3 is 0 Å². The van der Waals surface area contributed by atoms with Crippen molar-refractivity contribution in [3.05, 3.63) is 70.8 Å². The molecule has 0 unspecified atom stereocenters. The highest BCUT2D eigenvalue weighted by Gasteiger charge is 2.10. The topological polar surface area (TPSA) is 0 Å². The van der Waals surface area contributed by atoms with Crippen LogP contribution in [0.25, 0.3) is 21.9 Å². The van der Waals surface area contributed by atoms with Crippen LogP contribution in [0, 0.1) is 11.6 Å². The summed E-state index contributed by atoms with van der Waals surface area (Å²) >= 11 is 5.57. The zero-order chi connectivity index (χ0) is 18.5. The fourth-order valence-corrected chi connectivity index (χ4v) is 3.39. The molecule has 0 bridgehead atoms. The normalized spacial score (nSPS) is 11.2. The van der Waals surface area contributed by atoms with Gasteiger partial charge in [-0.3, -0.25) is 0 Å². The molecule has 0 heterocycles. The average Bonchev–Trinajstić information content (AvgIpc) is 2.65. The van der Waals surface area contributed by atoms with Crippen LogP contribution < -0.4 is 0 Å². The van der Waals surface area contributed by atoms with Crippen molar-refractivity contribution in [1.82, 2.24) is 0 Å². The van der Waals surface area contributed by atoms with Gasteiger partial charge in [0.15, 0.2) is 0 Å². The van der Waals surface area contributed by atoms with Crippen LogP contribution in [0.2, 0.25) is 5.02 Å². The first-order valence-corrected chi connectivity index (χ1v) is 9.64. The first kappa shape index (κ1) is 18.8. The van der Waals surface area contributed by atoms with Crippen LogP contribution in [0.1, 0.15) is 44.6 Å². The quantitative estimate of drug-likeness (QED) is 0.291. The molecular formula is C23H23ClF2.